The Morgan fingerprint density at radius 1 is 1.07 bits per heavy atom. The highest BCUT2D eigenvalue weighted by Crippen LogP contribution is 2.32. The zero-order valence-electron chi connectivity index (χ0n) is 17.2. The van der Waals surface area contributed by atoms with E-state index in [4.69, 9.17) is 14.3 Å². The molecule has 158 valence electrons. The molecule has 2 aromatic carbocycles. The van der Waals surface area contributed by atoms with Crippen molar-refractivity contribution in [2.75, 3.05) is 26.5 Å². The molecule has 2 aromatic rings. The van der Waals surface area contributed by atoms with Gasteiger partial charge in [0.15, 0.2) is 18.1 Å². The van der Waals surface area contributed by atoms with Crippen molar-refractivity contribution < 1.29 is 19.1 Å². The van der Waals surface area contributed by atoms with Gasteiger partial charge in [-0.1, -0.05) is 29.4 Å². The van der Waals surface area contributed by atoms with Gasteiger partial charge in [-0.25, -0.2) is 0 Å². The second-order valence-electron chi connectivity index (χ2n) is 7.59. The maximum absolute atomic E-state index is 12.0. The number of oxime groups is 1. The first kappa shape index (κ1) is 20.2. The Bertz CT molecular complexity index is 905. The summed E-state index contributed by atoms with van der Waals surface area (Å²) in [5.41, 5.74) is 3.89. The minimum atomic E-state index is -0.210. The molecular weight excluding hydrogens is 382 g/mol. The maximum atomic E-state index is 12.0. The Balaban J connectivity index is 1.19. The average Bonchev–Trinajstić information content (AvgIpc) is 3.44. The van der Waals surface area contributed by atoms with Gasteiger partial charge in [0.05, 0.1) is 5.71 Å². The summed E-state index contributed by atoms with van der Waals surface area (Å²) < 4.78 is 10.7. The third kappa shape index (κ3) is 5.30. The molecule has 0 aliphatic carbocycles. The van der Waals surface area contributed by atoms with Crippen molar-refractivity contribution in [1.82, 2.24) is 10.2 Å². The van der Waals surface area contributed by atoms with Crippen LogP contribution in [-0.4, -0.2) is 43.0 Å². The van der Waals surface area contributed by atoms with Crippen LogP contribution in [0.5, 0.6) is 11.5 Å². The Labute approximate surface area is 176 Å². The van der Waals surface area contributed by atoms with Crippen LogP contribution in [0.2, 0.25) is 0 Å². The Morgan fingerprint density at radius 2 is 1.80 bits per heavy atom. The van der Waals surface area contributed by atoms with E-state index in [1.807, 2.05) is 25.1 Å². The predicted octanol–water partition coefficient (Wildman–Crippen LogP) is 3.07. The molecule has 1 N–H and O–H groups in total. The van der Waals surface area contributed by atoms with E-state index < -0.39 is 0 Å². The van der Waals surface area contributed by atoms with E-state index in [0.29, 0.717) is 18.0 Å². The molecule has 2 aliphatic heterocycles. The summed E-state index contributed by atoms with van der Waals surface area (Å²) in [4.78, 5) is 19.7. The van der Waals surface area contributed by atoms with Gasteiger partial charge in [0.25, 0.3) is 5.91 Å². The molecule has 0 atom stereocenters. The molecule has 0 spiro atoms. The summed E-state index contributed by atoms with van der Waals surface area (Å²) in [6.07, 6.45) is 2.60. The van der Waals surface area contributed by atoms with Crippen LogP contribution in [0.15, 0.2) is 47.6 Å². The minimum absolute atomic E-state index is 0.130. The topological polar surface area (TPSA) is 72.4 Å². The molecule has 0 unspecified atom stereocenters. The highest BCUT2D eigenvalue weighted by atomic mass is 16.7. The highest BCUT2D eigenvalue weighted by Gasteiger charge is 2.14. The molecular formula is C23H27N3O4. The second kappa shape index (κ2) is 9.63. The average molecular weight is 409 g/mol. The van der Waals surface area contributed by atoms with Gasteiger partial charge in [-0.05, 0) is 62.2 Å². The zero-order chi connectivity index (χ0) is 20.8. The van der Waals surface area contributed by atoms with Crippen LogP contribution in [0.1, 0.15) is 36.5 Å². The van der Waals surface area contributed by atoms with Crippen LogP contribution < -0.4 is 14.8 Å². The predicted molar refractivity (Wildman–Crippen MR) is 114 cm³/mol. The maximum Gasteiger partial charge on any atom is 0.261 e. The highest BCUT2D eigenvalue weighted by molar-refractivity contribution is 5.99. The number of nitrogens with zero attached hydrogens (tertiary/aromatic N) is 2. The SMILES string of the molecule is C/C(=N/OCC(=O)NCc1ccc(CN2CCCC2)cc1)c1ccc2c(c1)OCO2. The van der Waals surface area contributed by atoms with Crippen LogP contribution in [0.4, 0.5) is 0 Å². The number of likely N-dealkylation sites (tertiary alicyclic amines) is 1. The van der Waals surface area contributed by atoms with E-state index in [2.05, 4.69) is 39.6 Å². The third-order valence-corrected chi connectivity index (χ3v) is 5.30. The Hall–Kier alpha value is -3.06. The summed E-state index contributed by atoms with van der Waals surface area (Å²) >= 11 is 0. The molecule has 2 aliphatic rings. The first-order valence-corrected chi connectivity index (χ1v) is 10.3. The molecule has 30 heavy (non-hydrogen) atoms. The van der Waals surface area contributed by atoms with Crippen molar-refractivity contribution >= 4 is 11.6 Å². The number of amides is 1. The number of hydrogen-bond donors (Lipinski definition) is 1. The largest absolute Gasteiger partial charge is 0.454 e. The number of ether oxygens (including phenoxy) is 2. The van der Waals surface area contributed by atoms with Gasteiger partial charge in [-0.15, -0.1) is 0 Å². The van der Waals surface area contributed by atoms with Crippen LogP contribution in [0, 0.1) is 0 Å². The lowest BCUT2D eigenvalue weighted by molar-refractivity contribution is -0.125. The molecule has 1 fully saturated rings. The van der Waals surface area contributed by atoms with Gasteiger partial charge >= 0.3 is 0 Å². The smallest absolute Gasteiger partial charge is 0.261 e. The third-order valence-electron chi connectivity index (χ3n) is 5.30. The van der Waals surface area contributed by atoms with Crippen LogP contribution in [0.25, 0.3) is 0 Å². The number of benzene rings is 2. The first-order chi connectivity index (χ1) is 14.7. The lowest BCUT2D eigenvalue weighted by Crippen LogP contribution is -2.26. The van der Waals surface area contributed by atoms with Gasteiger partial charge in [0.1, 0.15) is 0 Å². The van der Waals surface area contributed by atoms with Crippen molar-refractivity contribution in [2.24, 2.45) is 5.16 Å². The van der Waals surface area contributed by atoms with Crippen molar-refractivity contribution in [3.05, 3.63) is 59.2 Å². The fraction of sp³-hybridized carbons (Fsp3) is 0.391. The molecule has 7 heteroatoms. The Morgan fingerprint density at radius 3 is 2.60 bits per heavy atom. The summed E-state index contributed by atoms with van der Waals surface area (Å²) in [6.45, 7) is 5.77. The van der Waals surface area contributed by atoms with E-state index in [-0.39, 0.29) is 19.3 Å². The summed E-state index contributed by atoms with van der Waals surface area (Å²) in [5, 5.41) is 6.89. The van der Waals surface area contributed by atoms with Crippen molar-refractivity contribution in [1.29, 1.82) is 0 Å². The molecule has 2 heterocycles. The van der Waals surface area contributed by atoms with Gasteiger partial charge in [-0.3, -0.25) is 9.69 Å². The van der Waals surface area contributed by atoms with E-state index in [9.17, 15) is 4.79 Å². The van der Waals surface area contributed by atoms with E-state index in [1.54, 1.807) is 0 Å². The number of hydrogen-bond acceptors (Lipinski definition) is 6. The molecule has 0 aromatic heterocycles. The van der Waals surface area contributed by atoms with Gasteiger partial charge in [0, 0.05) is 18.7 Å². The molecule has 1 amide bonds. The molecule has 1 saturated heterocycles. The lowest BCUT2D eigenvalue weighted by Gasteiger charge is -2.14. The first-order valence-electron chi connectivity index (χ1n) is 10.3. The van der Waals surface area contributed by atoms with Gasteiger partial charge in [0.2, 0.25) is 6.79 Å². The standard InChI is InChI=1S/C23H27N3O4/c1-17(20-8-9-21-22(12-20)29-16-28-21)25-30-15-23(27)24-13-18-4-6-19(7-5-18)14-26-10-2-3-11-26/h4-9,12H,2-3,10-11,13-16H2,1H3,(H,24,27)/b25-17-. The Kier molecular flexibility index (Phi) is 6.49. The zero-order valence-corrected chi connectivity index (χ0v) is 17.2. The molecule has 0 radical (unpaired) electrons. The second-order valence-corrected chi connectivity index (χ2v) is 7.59. The van der Waals surface area contributed by atoms with Gasteiger partial charge in [-0.2, -0.15) is 0 Å². The summed E-state index contributed by atoms with van der Waals surface area (Å²) in [6, 6.07) is 14.0. The summed E-state index contributed by atoms with van der Waals surface area (Å²) in [7, 11) is 0. The van der Waals surface area contributed by atoms with E-state index in [0.717, 1.165) is 23.4 Å². The van der Waals surface area contributed by atoms with Crippen LogP contribution >= 0.6 is 0 Å². The number of carbonyl (C=O) groups excluding carboxylic acids is 1. The fourth-order valence-electron chi connectivity index (χ4n) is 3.58. The van der Waals surface area contributed by atoms with Crippen molar-refractivity contribution in [3.8, 4) is 11.5 Å². The number of nitrogens with one attached hydrogen (secondary N) is 1. The molecule has 7 nitrogen and oxygen atoms in total. The summed E-state index contributed by atoms with van der Waals surface area (Å²) in [5.74, 6) is 1.19. The van der Waals surface area contributed by atoms with Gasteiger partial charge < -0.3 is 19.6 Å². The number of rotatable bonds is 8. The van der Waals surface area contributed by atoms with E-state index >= 15 is 0 Å². The minimum Gasteiger partial charge on any atom is -0.454 e. The lowest BCUT2D eigenvalue weighted by atomic mass is 10.1. The normalized spacial score (nSPS) is 16.0. The molecule has 0 saturated carbocycles. The van der Waals surface area contributed by atoms with Crippen molar-refractivity contribution in [2.45, 2.75) is 32.9 Å². The van der Waals surface area contributed by atoms with E-state index in [1.165, 1.54) is 31.5 Å². The number of fused-ring (bicyclic) bond motifs is 1. The quantitative estimate of drug-likeness (QED) is 0.536. The monoisotopic (exact) mass is 409 g/mol. The molecule has 4 rings (SSSR count). The van der Waals surface area contributed by atoms with Crippen LogP contribution in [-0.2, 0) is 22.7 Å². The number of carbonyl (C=O) groups is 1. The molecule has 0 bridgehead atoms. The van der Waals surface area contributed by atoms with Crippen LogP contribution in [0.3, 0.4) is 0 Å². The van der Waals surface area contributed by atoms with Crippen molar-refractivity contribution in [3.63, 3.8) is 0 Å². The fourth-order valence-corrected chi connectivity index (χ4v) is 3.58.